The summed E-state index contributed by atoms with van der Waals surface area (Å²) in [6.45, 7) is 6.58. The van der Waals surface area contributed by atoms with E-state index in [1.165, 1.54) is 6.42 Å². The molecule has 2 atom stereocenters. The van der Waals surface area contributed by atoms with Crippen molar-refractivity contribution >= 4 is 11.8 Å². The fourth-order valence-electron chi connectivity index (χ4n) is 6.44. The lowest BCUT2D eigenvalue weighted by molar-refractivity contribution is -0.136. The van der Waals surface area contributed by atoms with Gasteiger partial charge in [0.25, 0.3) is 5.91 Å². The lowest BCUT2D eigenvalue weighted by Gasteiger charge is -2.48. The zero-order valence-corrected chi connectivity index (χ0v) is 21.7. The number of amides is 2. The minimum Gasteiger partial charge on any atom is -0.497 e. The van der Waals surface area contributed by atoms with Gasteiger partial charge in [0.2, 0.25) is 5.91 Å². The Balaban J connectivity index is 1.57. The Kier molecular flexibility index (Phi) is 7.61. The average Bonchev–Trinajstić information content (AvgIpc) is 2.94. The van der Waals surface area contributed by atoms with E-state index in [2.05, 4.69) is 16.7 Å². The molecule has 1 aliphatic carbocycles. The quantitative estimate of drug-likeness (QED) is 0.581. The van der Waals surface area contributed by atoms with Crippen LogP contribution in [0.2, 0.25) is 0 Å². The lowest BCUT2D eigenvalue weighted by Crippen LogP contribution is -2.55. The highest BCUT2D eigenvalue weighted by Gasteiger charge is 2.47. The van der Waals surface area contributed by atoms with Crippen molar-refractivity contribution in [3.05, 3.63) is 65.2 Å². The summed E-state index contributed by atoms with van der Waals surface area (Å²) >= 11 is 0. The number of methoxy groups -OCH3 is 1. The first kappa shape index (κ1) is 24.8. The van der Waals surface area contributed by atoms with Crippen LogP contribution in [0.1, 0.15) is 78.9 Å². The van der Waals surface area contributed by atoms with Crippen LogP contribution < -0.4 is 4.74 Å². The van der Waals surface area contributed by atoms with Gasteiger partial charge in [0.15, 0.2) is 0 Å². The summed E-state index contributed by atoms with van der Waals surface area (Å²) in [5, 5.41) is 0. The van der Waals surface area contributed by atoms with Gasteiger partial charge in [0, 0.05) is 37.8 Å². The Hall–Kier alpha value is -2.86. The highest BCUT2D eigenvalue weighted by atomic mass is 16.5. The first-order valence-electron chi connectivity index (χ1n) is 13.7. The molecule has 6 nitrogen and oxygen atoms in total. The third kappa shape index (κ3) is 4.75. The van der Waals surface area contributed by atoms with Crippen molar-refractivity contribution in [3.63, 3.8) is 0 Å². The molecular formula is C30H39N3O3. The first-order chi connectivity index (χ1) is 17.6. The maximum absolute atomic E-state index is 14.4. The smallest absolute Gasteiger partial charge is 0.254 e. The van der Waals surface area contributed by atoms with Crippen molar-refractivity contribution in [3.8, 4) is 5.75 Å². The molecule has 0 bridgehead atoms. The highest BCUT2D eigenvalue weighted by molar-refractivity contribution is 6.01. The monoisotopic (exact) mass is 489 g/mol. The predicted molar refractivity (Wildman–Crippen MR) is 141 cm³/mol. The van der Waals surface area contributed by atoms with Gasteiger partial charge in [-0.2, -0.15) is 0 Å². The zero-order valence-electron chi connectivity index (χ0n) is 21.7. The maximum atomic E-state index is 14.4. The maximum Gasteiger partial charge on any atom is 0.254 e. The van der Waals surface area contributed by atoms with Crippen LogP contribution in [0.5, 0.6) is 5.75 Å². The van der Waals surface area contributed by atoms with E-state index in [0.29, 0.717) is 5.56 Å². The lowest BCUT2D eigenvalue weighted by atomic mass is 9.77. The van der Waals surface area contributed by atoms with Crippen molar-refractivity contribution in [2.75, 3.05) is 39.8 Å². The van der Waals surface area contributed by atoms with Crippen LogP contribution in [-0.2, 0) is 4.79 Å². The number of nitrogens with zero attached hydrogens (tertiary/aromatic N) is 3. The van der Waals surface area contributed by atoms with Gasteiger partial charge in [0.1, 0.15) is 5.75 Å². The van der Waals surface area contributed by atoms with Crippen molar-refractivity contribution in [2.24, 2.45) is 0 Å². The molecule has 0 spiro atoms. The SMILES string of the molecule is CCCN1CCN(C(=O)[C@H]2c3ccccc3C(=O)N(C3CCCCC3)[C@@H]2c2ccc(OC)cc2)CC1. The minimum atomic E-state index is -0.410. The van der Waals surface area contributed by atoms with E-state index in [4.69, 9.17) is 4.74 Å². The largest absolute Gasteiger partial charge is 0.497 e. The summed E-state index contributed by atoms with van der Waals surface area (Å²) < 4.78 is 5.42. The Morgan fingerprint density at radius 2 is 1.64 bits per heavy atom. The molecule has 6 heteroatoms. The summed E-state index contributed by atoms with van der Waals surface area (Å²) in [7, 11) is 1.66. The standard InChI is InChI=1S/C30H39N3O3/c1-3-17-31-18-20-32(21-19-31)30(35)27-25-11-7-8-12-26(25)29(34)33(23-9-5-4-6-10-23)28(27)22-13-15-24(36-2)16-14-22/h7-8,11-16,23,27-28H,3-6,9-10,17-21H2,1-2H3/t27-,28+/m0/s1. The van der Waals surface area contributed by atoms with Crippen molar-refractivity contribution in [1.82, 2.24) is 14.7 Å². The van der Waals surface area contributed by atoms with Crippen molar-refractivity contribution in [2.45, 2.75) is 63.5 Å². The number of ether oxygens (including phenoxy) is 1. The van der Waals surface area contributed by atoms with Gasteiger partial charge < -0.3 is 14.5 Å². The predicted octanol–water partition coefficient (Wildman–Crippen LogP) is 4.86. The summed E-state index contributed by atoms with van der Waals surface area (Å²) in [6.07, 6.45) is 6.59. The van der Waals surface area contributed by atoms with Gasteiger partial charge in [-0.3, -0.25) is 14.5 Å². The van der Waals surface area contributed by atoms with Crippen LogP contribution >= 0.6 is 0 Å². The first-order valence-corrected chi connectivity index (χ1v) is 13.7. The number of hydrogen-bond acceptors (Lipinski definition) is 4. The second-order valence-corrected chi connectivity index (χ2v) is 10.5. The van der Waals surface area contributed by atoms with E-state index < -0.39 is 5.92 Å². The van der Waals surface area contributed by atoms with E-state index in [-0.39, 0.29) is 23.9 Å². The Labute approximate surface area is 215 Å². The van der Waals surface area contributed by atoms with Crippen molar-refractivity contribution < 1.29 is 14.3 Å². The number of rotatable bonds is 6. The molecule has 0 aromatic heterocycles. The van der Waals surface area contributed by atoms with Gasteiger partial charge in [-0.05, 0) is 55.1 Å². The number of hydrogen-bond donors (Lipinski definition) is 0. The van der Waals surface area contributed by atoms with E-state index >= 15 is 0 Å². The van der Waals surface area contributed by atoms with Gasteiger partial charge in [-0.25, -0.2) is 0 Å². The Morgan fingerprint density at radius 1 is 0.944 bits per heavy atom. The summed E-state index contributed by atoms with van der Waals surface area (Å²) in [5.41, 5.74) is 2.57. The van der Waals surface area contributed by atoms with Gasteiger partial charge >= 0.3 is 0 Å². The zero-order chi connectivity index (χ0) is 25.1. The second kappa shape index (κ2) is 11.0. The molecule has 2 aliphatic heterocycles. The third-order valence-electron chi connectivity index (χ3n) is 8.29. The van der Waals surface area contributed by atoms with Crippen LogP contribution in [0, 0.1) is 0 Å². The fraction of sp³-hybridized carbons (Fsp3) is 0.533. The number of fused-ring (bicyclic) bond motifs is 1. The molecule has 0 N–H and O–H groups in total. The van der Waals surface area contributed by atoms with Gasteiger partial charge in [-0.1, -0.05) is 56.5 Å². The molecule has 192 valence electrons. The van der Waals surface area contributed by atoms with Crippen LogP contribution in [0.15, 0.2) is 48.5 Å². The molecule has 2 aromatic carbocycles. The van der Waals surface area contributed by atoms with E-state index in [1.54, 1.807) is 7.11 Å². The number of carbonyl (C=O) groups excluding carboxylic acids is 2. The van der Waals surface area contributed by atoms with Crippen LogP contribution in [0.3, 0.4) is 0 Å². The van der Waals surface area contributed by atoms with E-state index in [9.17, 15) is 9.59 Å². The number of benzene rings is 2. The second-order valence-electron chi connectivity index (χ2n) is 10.5. The molecule has 2 fully saturated rings. The van der Waals surface area contributed by atoms with Gasteiger partial charge in [-0.15, -0.1) is 0 Å². The summed E-state index contributed by atoms with van der Waals surface area (Å²) in [4.78, 5) is 35.0. The molecule has 1 saturated heterocycles. The van der Waals surface area contributed by atoms with Crippen molar-refractivity contribution in [1.29, 1.82) is 0 Å². The molecule has 5 rings (SSSR count). The number of carbonyl (C=O) groups is 2. The molecule has 0 unspecified atom stereocenters. The average molecular weight is 490 g/mol. The fourth-order valence-corrected chi connectivity index (χ4v) is 6.44. The number of piperazine rings is 1. The van der Waals surface area contributed by atoms with Gasteiger partial charge in [0.05, 0.1) is 19.1 Å². The minimum absolute atomic E-state index is 0.0649. The molecule has 2 heterocycles. The molecule has 2 aromatic rings. The topological polar surface area (TPSA) is 53.1 Å². The van der Waals surface area contributed by atoms with E-state index in [1.807, 2.05) is 53.4 Å². The molecule has 0 radical (unpaired) electrons. The molecule has 1 saturated carbocycles. The summed E-state index contributed by atoms with van der Waals surface area (Å²) in [5.74, 6) is 0.579. The van der Waals surface area contributed by atoms with Crippen LogP contribution in [-0.4, -0.2) is 72.4 Å². The van der Waals surface area contributed by atoms with Crippen LogP contribution in [0.4, 0.5) is 0 Å². The Bertz CT molecular complexity index is 1060. The molecule has 36 heavy (non-hydrogen) atoms. The molecule has 2 amide bonds. The summed E-state index contributed by atoms with van der Waals surface area (Å²) in [6, 6.07) is 15.6. The molecular weight excluding hydrogens is 450 g/mol. The highest BCUT2D eigenvalue weighted by Crippen LogP contribution is 2.46. The third-order valence-corrected chi connectivity index (χ3v) is 8.29. The van der Waals surface area contributed by atoms with Crippen LogP contribution in [0.25, 0.3) is 0 Å². The Morgan fingerprint density at radius 3 is 2.31 bits per heavy atom. The molecule has 3 aliphatic rings. The normalized spacial score (nSPS) is 23.4. The van der Waals surface area contributed by atoms with E-state index in [0.717, 1.165) is 81.7 Å².